The fourth-order valence-electron chi connectivity index (χ4n) is 9.24. The van der Waals surface area contributed by atoms with Crippen molar-refractivity contribution >= 4 is 11.9 Å². The van der Waals surface area contributed by atoms with E-state index in [1.807, 2.05) is 0 Å². The van der Waals surface area contributed by atoms with Gasteiger partial charge in [-0.2, -0.15) is 0 Å². The van der Waals surface area contributed by atoms with Gasteiger partial charge in [0.1, 0.15) is 0 Å². The summed E-state index contributed by atoms with van der Waals surface area (Å²) in [5.41, 5.74) is 0. The van der Waals surface area contributed by atoms with Gasteiger partial charge in [-0.15, -0.1) is 0 Å². The van der Waals surface area contributed by atoms with E-state index in [-0.39, 0.29) is 18.5 Å². The third kappa shape index (κ3) is 53.4. The maximum atomic E-state index is 12.5. The number of carbonyl (C=O) groups is 2. The maximum Gasteiger partial charge on any atom is 0.305 e. The van der Waals surface area contributed by atoms with Gasteiger partial charge in [0.2, 0.25) is 5.91 Å². The van der Waals surface area contributed by atoms with Crippen LogP contribution in [0.15, 0.2) is 36.5 Å². The maximum absolute atomic E-state index is 12.5. The molecule has 0 rings (SSSR count). The molecule has 0 aliphatic heterocycles. The normalized spacial score (nSPS) is 12.8. The number of esters is 1. The third-order valence-corrected chi connectivity index (χ3v) is 13.9. The second-order valence-electron chi connectivity index (χ2n) is 20.7. The van der Waals surface area contributed by atoms with Crippen molar-refractivity contribution in [1.29, 1.82) is 0 Å². The zero-order valence-electron chi connectivity index (χ0n) is 45.6. The molecule has 0 aliphatic carbocycles. The first-order valence-corrected chi connectivity index (χ1v) is 30.2. The number of nitrogens with one attached hydrogen (secondary N) is 1. The minimum Gasteiger partial charge on any atom is -0.466 e. The molecule has 0 bridgehead atoms. The number of amides is 1. The lowest BCUT2D eigenvalue weighted by atomic mass is 10.0. The van der Waals surface area contributed by atoms with Crippen LogP contribution in [0.1, 0.15) is 322 Å². The van der Waals surface area contributed by atoms with Gasteiger partial charge in [0.25, 0.3) is 0 Å². The van der Waals surface area contributed by atoms with Gasteiger partial charge in [0.15, 0.2) is 0 Å². The molecular weight excluding hydrogens is 839 g/mol. The number of aliphatic hydroxyl groups is 2. The number of carbonyl (C=O) groups excluding carboxylic acids is 2. The highest BCUT2D eigenvalue weighted by Crippen LogP contribution is 2.17. The van der Waals surface area contributed by atoms with Crippen molar-refractivity contribution < 1.29 is 24.5 Å². The number of rotatable bonds is 56. The van der Waals surface area contributed by atoms with Crippen molar-refractivity contribution in [3.05, 3.63) is 36.5 Å². The highest BCUT2D eigenvalue weighted by Gasteiger charge is 2.20. The first kappa shape index (κ1) is 66.1. The number of aliphatic hydroxyl groups excluding tert-OH is 2. The third-order valence-electron chi connectivity index (χ3n) is 13.9. The van der Waals surface area contributed by atoms with Crippen molar-refractivity contribution in [2.24, 2.45) is 0 Å². The van der Waals surface area contributed by atoms with E-state index in [1.165, 1.54) is 238 Å². The average Bonchev–Trinajstić information content (AvgIpc) is 3.34. The number of allylic oxidation sites excluding steroid dienone is 6. The van der Waals surface area contributed by atoms with Gasteiger partial charge in [-0.1, -0.05) is 269 Å². The Morgan fingerprint density at radius 3 is 1.18 bits per heavy atom. The highest BCUT2D eigenvalue weighted by atomic mass is 16.5. The Balaban J connectivity index is 3.42. The van der Waals surface area contributed by atoms with Crippen LogP contribution in [0.4, 0.5) is 0 Å². The van der Waals surface area contributed by atoms with E-state index in [0.29, 0.717) is 25.9 Å². The van der Waals surface area contributed by atoms with Crippen molar-refractivity contribution in [3.8, 4) is 0 Å². The SMILES string of the molecule is CCCC/C=C\C/C=C\CCCCCCCC(=O)OCCCCCCCCCCCCC/C=C\CCCCCCCCCC(=O)NC(CO)C(O)CCCCCCCCCCCCCCCCC. The van der Waals surface area contributed by atoms with Gasteiger partial charge in [-0.3, -0.25) is 9.59 Å². The van der Waals surface area contributed by atoms with Crippen LogP contribution in [0, 0.1) is 0 Å². The van der Waals surface area contributed by atoms with Crippen molar-refractivity contribution in [1.82, 2.24) is 5.32 Å². The fraction of sp³-hybridized carbons (Fsp3) is 0.871. The Bertz CT molecular complexity index is 1100. The van der Waals surface area contributed by atoms with Crippen LogP contribution >= 0.6 is 0 Å². The summed E-state index contributed by atoms with van der Waals surface area (Å²) in [7, 11) is 0. The largest absolute Gasteiger partial charge is 0.466 e. The molecule has 0 aliphatic rings. The topological polar surface area (TPSA) is 95.9 Å². The standard InChI is InChI=1S/C62H117NO5/c1-3-5-7-9-11-13-15-17-27-30-34-38-42-46-50-54-60(65)59(58-64)63-61(66)55-51-47-43-39-35-31-28-25-23-21-19-20-22-24-26-29-33-37-41-45-49-53-57-68-62(67)56-52-48-44-40-36-32-18-16-14-12-10-8-6-4-2/h10,12,16,18,21,23,59-60,64-65H,3-9,11,13-15,17,19-20,22,24-58H2,1-2H3,(H,63,66)/b12-10-,18-16-,23-21-. The molecule has 0 radical (unpaired) electrons. The van der Waals surface area contributed by atoms with E-state index in [0.717, 1.165) is 51.4 Å². The Kier molecular flexibility index (Phi) is 56.0. The van der Waals surface area contributed by atoms with Crippen LogP contribution in [0.3, 0.4) is 0 Å². The molecule has 0 heterocycles. The predicted molar refractivity (Wildman–Crippen MR) is 296 cm³/mol. The van der Waals surface area contributed by atoms with Gasteiger partial charge in [0.05, 0.1) is 25.4 Å². The number of hydrogen-bond donors (Lipinski definition) is 3. The van der Waals surface area contributed by atoms with E-state index >= 15 is 0 Å². The van der Waals surface area contributed by atoms with Crippen LogP contribution < -0.4 is 5.32 Å². The second kappa shape index (κ2) is 57.7. The summed E-state index contributed by atoms with van der Waals surface area (Å²) >= 11 is 0. The molecule has 0 spiro atoms. The summed E-state index contributed by atoms with van der Waals surface area (Å²) in [6.45, 7) is 4.91. The molecule has 68 heavy (non-hydrogen) atoms. The molecule has 0 saturated heterocycles. The molecule has 2 unspecified atom stereocenters. The van der Waals surface area contributed by atoms with E-state index in [2.05, 4.69) is 55.6 Å². The Morgan fingerprint density at radius 2 is 0.750 bits per heavy atom. The second-order valence-corrected chi connectivity index (χ2v) is 20.7. The molecule has 3 N–H and O–H groups in total. The fourth-order valence-corrected chi connectivity index (χ4v) is 9.24. The number of ether oxygens (including phenoxy) is 1. The van der Waals surface area contributed by atoms with E-state index in [1.54, 1.807) is 0 Å². The van der Waals surface area contributed by atoms with Crippen LogP contribution in [0.5, 0.6) is 0 Å². The van der Waals surface area contributed by atoms with E-state index in [9.17, 15) is 19.8 Å². The number of unbranched alkanes of at least 4 members (excludes halogenated alkanes) is 39. The van der Waals surface area contributed by atoms with Gasteiger partial charge in [-0.05, 0) is 77.0 Å². The quantitative estimate of drug-likeness (QED) is 0.0321. The van der Waals surface area contributed by atoms with Crippen molar-refractivity contribution in [3.63, 3.8) is 0 Å². The molecule has 1 amide bonds. The molecule has 400 valence electrons. The Labute approximate surface area is 424 Å². The lowest BCUT2D eigenvalue weighted by Gasteiger charge is -2.22. The molecule has 0 fully saturated rings. The summed E-state index contributed by atoms with van der Waals surface area (Å²) in [4.78, 5) is 24.5. The minimum atomic E-state index is -0.669. The highest BCUT2D eigenvalue weighted by molar-refractivity contribution is 5.76. The smallest absolute Gasteiger partial charge is 0.305 e. The van der Waals surface area contributed by atoms with Gasteiger partial charge < -0.3 is 20.3 Å². The monoisotopic (exact) mass is 956 g/mol. The van der Waals surface area contributed by atoms with Crippen LogP contribution in [-0.2, 0) is 14.3 Å². The summed E-state index contributed by atoms with van der Waals surface area (Å²) in [6, 6.07) is -0.547. The van der Waals surface area contributed by atoms with E-state index < -0.39 is 12.1 Å². The van der Waals surface area contributed by atoms with Crippen LogP contribution in [0.25, 0.3) is 0 Å². The van der Waals surface area contributed by atoms with Gasteiger partial charge >= 0.3 is 5.97 Å². The van der Waals surface area contributed by atoms with Gasteiger partial charge in [0, 0.05) is 12.8 Å². The van der Waals surface area contributed by atoms with Crippen molar-refractivity contribution in [2.75, 3.05) is 13.2 Å². The molecule has 2 atom stereocenters. The molecule has 6 nitrogen and oxygen atoms in total. The van der Waals surface area contributed by atoms with Gasteiger partial charge in [-0.25, -0.2) is 0 Å². The summed E-state index contributed by atoms with van der Waals surface area (Å²) in [6.07, 6.45) is 71.4. The zero-order chi connectivity index (χ0) is 49.3. The average molecular weight is 957 g/mol. The lowest BCUT2D eigenvalue weighted by Crippen LogP contribution is -2.45. The molecule has 0 aromatic carbocycles. The predicted octanol–water partition coefficient (Wildman–Crippen LogP) is 18.8. The molecule has 0 saturated carbocycles. The first-order chi connectivity index (χ1) is 33.5. The zero-order valence-corrected chi connectivity index (χ0v) is 45.6. The van der Waals surface area contributed by atoms with E-state index in [4.69, 9.17) is 4.74 Å². The molecule has 0 aromatic rings. The summed E-state index contributed by atoms with van der Waals surface area (Å²) < 4.78 is 5.47. The lowest BCUT2D eigenvalue weighted by molar-refractivity contribution is -0.143. The molecular formula is C62H117NO5. The van der Waals surface area contributed by atoms with Crippen LogP contribution in [-0.4, -0.2) is 47.4 Å². The van der Waals surface area contributed by atoms with Crippen molar-refractivity contribution in [2.45, 2.75) is 334 Å². The Hall–Kier alpha value is -1.92. The van der Waals surface area contributed by atoms with Crippen LogP contribution in [0.2, 0.25) is 0 Å². The Morgan fingerprint density at radius 1 is 0.412 bits per heavy atom. The molecule has 0 aromatic heterocycles. The summed E-state index contributed by atoms with van der Waals surface area (Å²) in [5, 5.41) is 23.3. The summed E-state index contributed by atoms with van der Waals surface area (Å²) in [5.74, 6) is -0.0458. The minimum absolute atomic E-state index is 0.00472. The first-order valence-electron chi connectivity index (χ1n) is 30.2. The molecule has 6 heteroatoms. The number of hydrogen-bond acceptors (Lipinski definition) is 5.